The van der Waals surface area contributed by atoms with Crippen molar-refractivity contribution in [3.05, 3.63) is 29.8 Å². The van der Waals surface area contributed by atoms with Crippen molar-refractivity contribution in [2.24, 2.45) is 5.73 Å². The van der Waals surface area contributed by atoms with E-state index in [0.717, 1.165) is 0 Å². The van der Waals surface area contributed by atoms with Gasteiger partial charge < -0.3 is 16.2 Å². The van der Waals surface area contributed by atoms with Gasteiger partial charge in [0.25, 0.3) is 5.91 Å². The number of amides is 1. The average molecular weight is 194 g/mol. The molecule has 0 aliphatic carbocycles. The highest BCUT2D eigenvalue weighted by Crippen LogP contribution is 2.13. The Morgan fingerprint density at radius 3 is 2.57 bits per heavy atom. The number of primary amides is 1. The van der Waals surface area contributed by atoms with Gasteiger partial charge >= 0.3 is 5.97 Å². The molecule has 0 fully saturated rings. The van der Waals surface area contributed by atoms with Gasteiger partial charge in [-0.3, -0.25) is 9.59 Å². The van der Waals surface area contributed by atoms with Crippen LogP contribution in [0.4, 0.5) is 5.69 Å². The van der Waals surface area contributed by atoms with Crippen molar-refractivity contribution in [1.29, 1.82) is 0 Å². The molecule has 4 N–H and O–H groups in total. The first kappa shape index (κ1) is 10.0. The zero-order valence-corrected chi connectivity index (χ0v) is 7.36. The molecule has 1 amide bonds. The van der Waals surface area contributed by atoms with E-state index in [1.165, 1.54) is 6.07 Å². The first-order valence-corrected chi connectivity index (χ1v) is 3.95. The lowest BCUT2D eigenvalue weighted by atomic mass is 10.1. The van der Waals surface area contributed by atoms with Crippen LogP contribution in [0.1, 0.15) is 10.4 Å². The standard InChI is InChI=1S/C9H10N2O3/c10-9(14)6-3-1-2-4-7(6)11-5-8(12)13/h1-4,11H,5H2,(H2,10,14)(H,12,13). The van der Waals surface area contributed by atoms with Crippen LogP contribution in [0.15, 0.2) is 24.3 Å². The summed E-state index contributed by atoms with van der Waals surface area (Å²) < 4.78 is 0. The smallest absolute Gasteiger partial charge is 0.322 e. The van der Waals surface area contributed by atoms with Crippen LogP contribution in [-0.4, -0.2) is 23.5 Å². The number of hydrogen-bond acceptors (Lipinski definition) is 3. The summed E-state index contributed by atoms with van der Waals surface area (Å²) in [4.78, 5) is 21.2. The molecule has 1 aromatic carbocycles. The number of carbonyl (C=O) groups is 2. The summed E-state index contributed by atoms with van der Waals surface area (Å²) in [6.45, 7) is -0.246. The second-order valence-electron chi connectivity index (χ2n) is 2.66. The molecule has 1 rings (SSSR count). The van der Waals surface area contributed by atoms with E-state index in [4.69, 9.17) is 10.8 Å². The number of nitrogens with two attached hydrogens (primary N) is 1. The molecule has 0 spiro atoms. The fraction of sp³-hybridized carbons (Fsp3) is 0.111. The van der Waals surface area contributed by atoms with Gasteiger partial charge in [-0.2, -0.15) is 0 Å². The fourth-order valence-electron chi connectivity index (χ4n) is 1.02. The molecule has 74 valence electrons. The molecule has 0 saturated carbocycles. The van der Waals surface area contributed by atoms with Crippen LogP contribution >= 0.6 is 0 Å². The molecule has 0 aliphatic heterocycles. The van der Waals surface area contributed by atoms with E-state index in [1.54, 1.807) is 18.2 Å². The Kier molecular flexibility index (Phi) is 3.06. The van der Waals surface area contributed by atoms with Crippen molar-refractivity contribution in [3.8, 4) is 0 Å². The van der Waals surface area contributed by atoms with Crippen LogP contribution in [0.25, 0.3) is 0 Å². The van der Waals surface area contributed by atoms with Crippen molar-refractivity contribution >= 4 is 17.6 Å². The van der Waals surface area contributed by atoms with Crippen molar-refractivity contribution in [2.45, 2.75) is 0 Å². The topological polar surface area (TPSA) is 92.4 Å². The maximum atomic E-state index is 10.9. The van der Waals surface area contributed by atoms with Crippen LogP contribution < -0.4 is 11.1 Å². The predicted octanol–water partition coefficient (Wildman–Crippen LogP) is 0.282. The number of nitrogens with one attached hydrogen (secondary N) is 1. The molecule has 0 unspecified atom stereocenters. The molecule has 1 aromatic rings. The normalized spacial score (nSPS) is 9.43. The lowest BCUT2D eigenvalue weighted by molar-refractivity contribution is -0.134. The molecule has 0 bridgehead atoms. The molecular weight excluding hydrogens is 184 g/mol. The van der Waals surface area contributed by atoms with Gasteiger partial charge in [-0.25, -0.2) is 0 Å². The van der Waals surface area contributed by atoms with E-state index in [0.29, 0.717) is 5.69 Å². The third kappa shape index (κ3) is 2.48. The molecule has 5 nitrogen and oxygen atoms in total. The van der Waals surface area contributed by atoms with E-state index in [1.807, 2.05) is 0 Å². The molecule has 0 radical (unpaired) electrons. The quantitative estimate of drug-likeness (QED) is 0.642. The molecular formula is C9H10N2O3. The second-order valence-corrected chi connectivity index (χ2v) is 2.66. The molecule has 0 heterocycles. The van der Waals surface area contributed by atoms with Gasteiger partial charge in [-0.1, -0.05) is 12.1 Å². The average Bonchev–Trinajstić information content (AvgIpc) is 2.15. The molecule has 0 aromatic heterocycles. The Labute approximate surface area is 80.5 Å². The highest BCUT2D eigenvalue weighted by molar-refractivity contribution is 5.98. The van der Waals surface area contributed by atoms with Crippen LogP contribution in [0.3, 0.4) is 0 Å². The van der Waals surface area contributed by atoms with Gasteiger partial charge in [0.1, 0.15) is 6.54 Å². The minimum Gasteiger partial charge on any atom is -0.480 e. The minimum absolute atomic E-state index is 0.246. The molecule has 0 aliphatic rings. The summed E-state index contributed by atoms with van der Waals surface area (Å²) >= 11 is 0. The van der Waals surface area contributed by atoms with Gasteiger partial charge in [0, 0.05) is 5.69 Å². The molecule has 0 saturated heterocycles. The molecule has 14 heavy (non-hydrogen) atoms. The van der Waals surface area contributed by atoms with Gasteiger partial charge in [-0.15, -0.1) is 0 Å². The summed E-state index contributed by atoms with van der Waals surface area (Å²) in [5.74, 6) is -1.58. The van der Waals surface area contributed by atoms with Crippen LogP contribution in [0.5, 0.6) is 0 Å². The monoisotopic (exact) mass is 194 g/mol. The van der Waals surface area contributed by atoms with E-state index in [-0.39, 0.29) is 12.1 Å². The Bertz CT molecular complexity index is 363. The van der Waals surface area contributed by atoms with E-state index in [9.17, 15) is 9.59 Å². The number of carboxylic acids is 1. The number of carbonyl (C=O) groups excluding carboxylic acids is 1. The Morgan fingerprint density at radius 2 is 2.00 bits per heavy atom. The highest BCUT2D eigenvalue weighted by Gasteiger charge is 2.07. The number of rotatable bonds is 4. The minimum atomic E-state index is -0.996. The first-order chi connectivity index (χ1) is 6.61. The number of aliphatic carboxylic acids is 1. The molecule has 5 heteroatoms. The van der Waals surface area contributed by atoms with E-state index in [2.05, 4.69) is 5.32 Å². The number of anilines is 1. The number of carboxylic acid groups (broad SMARTS) is 1. The van der Waals surface area contributed by atoms with Gasteiger partial charge in [0.05, 0.1) is 5.56 Å². The Morgan fingerprint density at radius 1 is 1.36 bits per heavy atom. The largest absolute Gasteiger partial charge is 0.480 e. The third-order valence-corrected chi connectivity index (χ3v) is 1.62. The van der Waals surface area contributed by atoms with E-state index < -0.39 is 11.9 Å². The SMILES string of the molecule is NC(=O)c1ccccc1NCC(=O)O. The van der Waals surface area contributed by atoms with Crippen molar-refractivity contribution in [3.63, 3.8) is 0 Å². The zero-order valence-electron chi connectivity index (χ0n) is 7.36. The Balaban J connectivity index is 2.84. The maximum absolute atomic E-state index is 10.9. The van der Waals surface area contributed by atoms with Gasteiger partial charge in [-0.05, 0) is 12.1 Å². The first-order valence-electron chi connectivity index (χ1n) is 3.95. The predicted molar refractivity (Wildman–Crippen MR) is 51.1 cm³/mol. The van der Waals surface area contributed by atoms with Crippen LogP contribution in [0, 0.1) is 0 Å². The van der Waals surface area contributed by atoms with Crippen LogP contribution in [0.2, 0.25) is 0 Å². The lowest BCUT2D eigenvalue weighted by Crippen LogP contribution is -2.17. The van der Waals surface area contributed by atoms with Gasteiger partial charge in [0.15, 0.2) is 0 Å². The lowest BCUT2D eigenvalue weighted by Gasteiger charge is -2.06. The highest BCUT2D eigenvalue weighted by atomic mass is 16.4. The number of benzene rings is 1. The van der Waals surface area contributed by atoms with Crippen molar-refractivity contribution in [1.82, 2.24) is 0 Å². The van der Waals surface area contributed by atoms with E-state index >= 15 is 0 Å². The van der Waals surface area contributed by atoms with Crippen LogP contribution in [-0.2, 0) is 4.79 Å². The molecule has 0 atom stereocenters. The number of para-hydroxylation sites is 1. The second kappa shape index (κ2) is 4.27. The third-order valence-electron chi connectivity index (χ3n) is 1.62. The zero-order chi connectivity index (χ0) is 10.6. The summed E-state index contributed by atoms with van der Waals surface area (Å²) in [5, 5.41) is 11.0. The van der Waals surface area contributed by atoms with Crippen molar-refractivity contribution in [2.75, 3.05) is 11.9 Å². The van der Waals surface area contributed by atoms with Gasteiger partial charge in [0.2, 0.25) is 0 Å². The Hall–Kier alpha value is -2.04. The summed E-state index contributed by atoms with van der Waals surface area (Å²) in [5.41, 5.74) is 5.81. The number of hydrogen-bond donors (Lipinski definition) is 3. The maximum Gasteiger partial charge on any atom is 0.322 e. The van der Waals surface area contributed by atoms with Crippen molar-refractivity contribution < 1.29 is 14.7 Å². The summed E-state index contributed by atoms with van der Waals surface area (Å²) in [6, 6.07) is 6.48. The summed E-state index contributed by atoms with van der Waals surface area (Å²) in [7, 11) is 0. The summed E-state index contributed by atoms with van der Waals surface area (Å²) in [6.07, 6.45) is 0. The fourth-order valence-corrected chi connectivity index (χ4v) is 1.02.